The fourth-order valence-electron chi connectivity index (χ4n) is 4.02. The highest BCUT2D eigenvalue weighted by Crippen LogP contribution is 2.37. The van der Waals surface area contributed by atoms with Crippen LogP contribution >= 0.6 is 0 Å². The van der Waals surface area contributed by atoms with Crippen molar-refractivity contribution < 1.29 is 23.7 Å². The molecule has 0 spiro atoms. The molecule has 0 aliphatic carbocycles. The van der Waals surface area contributed by atoms with Crippen molar-refractivity contribution in [2.45, 2.75) is 91.4 Å². The Balaban J connectivity index is 2.17. The first-order valence-corrected chi connectivity index (χ1v) is 13.9. The number of unbranched alkanes of at least 4 members (excludes halogenated alkanes) is 6. The lowest BCUT2D eigenvalue weighted by molar-refractivity contribution is 0.0978. The van der Waals surface area contributed by atoms with E-state index in [1.54, 1.807) is 7.11 Å². The molecule has 2 aromatic carbocycles. The molecular formula is C31H46O5. The van der Waals surface area contributed by atoms with E-state index in [9.17, 15) is 4.79 Å². The summed E-state index contributed by atoms with van der Waals surface area (Å²) in [7, 11) is 1.65. The van der Waals surface area contributed by atoms with Gasteiger partial charge >= 0.3 is 0 Å². The number of carbonyl (C=O) groups is 1. The summed E-state index contributed by atoms with van der Waals surface area (Å²) in [6, 6.07) is 11.4. The van der Waals surface area contributed by atoms with E-state index in [1.165, 1.54) is 0 Å². The number of Topliss-reactive ketones (excluding diaryl/α,β-unsaturated/α-hetero) is 1. The number of ketones is 1. The fraction of sp³-hybridized carbons (Fsp3) is 0.581. The first-order valence-electron chi connectivity index (χ1n) is 13.9. The van der Waals surface area contributed by atoms with Gasteiger partial charge in [-0.05, 0) is 43.9 Å². The van der Waals surface area contributed by atoms with Gasteiger partial charge in [-0.2, -0.15) is 0 Å². The van der Waals surface area contributed by atoms with Crippen LogP contribution in [0, 0.1) is 0 Å². The summed E-state index contributed by atoms with van der Waals surface area (Å²) in [5, 5.41) is 0. The molecule has 0 atom stereocenters. The Labute approximate surface area is 218 Å². The van der Waals surface area contributed by atoms with Crippen molar-refractivity contribution in [1.82, 2.24) is 0 Å². The molecule has 0 unspecified atom stereocenters. The van der Waals surface area contributed by atoms with Crippen molar-refractivity contribution in [2.75, 3.05) is 26.9 Å². The maximum atomic E-state index is 13.2. The molecule has 200 valence electrons. The van der Waals surface area contributed by atoms with Crippen LogP contribution in [0.2, 0.25) is 0 Å². The molecule has 0 heterocycles. The Morgan fingerprint density at radius 1 is 0.722 bits per heavy atom. The number of hydrogen-bond acceptors (Lipinski definition) is 5. The van der Waals surface area contributed by atoms with Gasteiger partial charge in [0, 0.05) is 18.1 Å². The topological polar surface area (TPSA) is 54.0 Å². The van der Waals surface area contributed by atoms with Gasteiger partial charge in [-0.15, -0.1) is 0 Å². The number of aryl methyl sites for hydroxylation is 1. The molecule has 2 rings (SSSR count). The average Bonchev–Trinajstić information content (AvgIpc) is 2.90. The lowest BCUT2D eigenvalue weighted by Crippen LogP contribution is -2.08. The monoisotopic (exact) mass is 498 g/mol. The Hall–Kier alpha value is -2.69. The molecule has 0 fully saturated rings. The Bertz CT molecular complexity index is 893. The summed E-state index contributed by atoms with van der Waals surface area (Å²) in [6.45, 7) is 8.43. The molecule has 0 radical (unpaired) electrons. The largest absolute Gasteiger partial charge is 0.493 e. The van der Waals surface area contributed by atoms with Gasteiger partial charge in [0.05, 0.1) is 32.5 Å². The second kappa shape index (κ2) is 17.7. The molecule has 5 heteroatoms. The van der Waals surface area contributed by atoms with Crippen LogP contribution in [-0.2, 0) is 6.42 Å². The number of benzene rings is 2. The van der Waals surface area contributed by atoms with E-state index in [0.717, 1.165) is 69.1 Å². The number of methoxy groups -OCH3 is 1. The molecule has 5 nitrogen and oxygen atoms in total. The summed E-state index contributed by atoms with van der Waals surface area (Å²) in [5.74, 6) is 2.85. The standard InChI is InChI=1S/C31H46O5/c1-5-8-13-20-34-26-23-25(31(30(24-26)33-4)36-22-15-10-7-3)18-19-28(32)27-16-11-12-17-29(27)35-21-14-9-6-2/h11-12,16-17,23-24H,5-10,13-15,18-22H2,1-4H3. The average molecular weight is 499 g/mol. The molecule has 0 N–H and O–H groups in total. The molecule has 2 aromatic rings. The van der Waals surface area contributed by atoms with Crippen LogP contribution in [0.25, 0.3) is 0 Å². The lowest BCUT2D eigenvalue weighted by atomic mass is 10.0. The highest BCUT2D eigenvalue weighted by molar-refractivity contribution is 5.98. The second-order valence-electron chi connectivity index (χ2n) is 9.20. The van der Waals surface area contributed by atoms with Gasteiger partial charge in [-0.1, -0.05) is 71.4 Å². The van der Waals surface area contributed by atoms with E-state index in [0.29, 0.717) is 55.5 Å². The van der Waals surface area contributed by atoms with Crippen LogP contribution in [0.4, 0.5) is 0 Å². The molecule has 0 aliphatic heterocycles. The predicted octanol–water partition coefficient (Wildman–Crippen LogP) is 8.22. The summed E-state index contributed by atoms with van der Waals surface area (Å²) < 4.78 is 23.8. The van der Waals surface area contributed by atoms with E-state index in [4.69, 9.17) is 18.9 Å². The van der Waals surface area contributed by atoms with Crippen molar-refractivity contribution in [3.63, 3.8) is 0 Å². The minimum atomic E-state index is 0.0614. The second-order valence-corrected chi connectivity index (χ2v) is 9.20. The maximum Gasteiger partial charge on any atom is 0.166 e. The van der Waals surface area contributed by atoms with Crippen molar-refractivity contribution in [1.29, 1.82) is 0 Å². The van der Waals surface area contributed by atoms with Gasteiger partial charge < -0.3 is 18.9 Å². The third-order valence-electron chi connectivity index (χ3n) is 6.15. The Morgan fingerprint density at radius 2 is 1.33 bits per heavy atom. The van der Waals surface area contributed by atoms with Crippen LogP contribution in [0.3, 0.4) is 0 Å². The van der Waals surface area contributed by atoms with Crippen molar-refractivity contribution in [2.24, 2.45) is 0 Å². The first kappa shape index (κ1) is 29.5. The van der Waals surface area contributed by atoms with Gasteiger partial charge in [0.15, 0.2) is 17.3 Å². The summed E-state index contributed by atoms with van der Waals surface area (Å²) in [5.41, 5.74) is 1.57. The SMILES string of the molecule is CCCCCOc1cc(CCC(=O)c2ccccc2OCCCCC)c(OCCCCC)c(OC)c1. The van der Waals surface area contributed by atoms with Crippen LogP contribution in [-0.4, -0.2) is 32.7 Å². The fourth-order valence-corrected chi connectivity index (χ4v) is 4.02. The minimum Gasteiger partial charge on any atom is -0.493 e. The van der Waals surface area contributed by atoms with Crippen LogP contribution in [0.5, 0.6) is 23.0 Å². The molecule has 0 bridgehead atoms. The molecule has 0 amide bonds. The Kier molecular flexibility index (Phi) is 14.5. The summed E-state index contributed by atoms with van der Waals surface area (Å²) in [6.07, 6.45) is 10.7. The van der Waals surface area contributed by atoms with E-state index < -0.39 is 0 Å². The third-order valence-corrected chi connectivity index (χ3v) is 6.15. The molecular weight excluding hydrogens is 452 g/mol. The van der Waals surface area contributed by atoms with Crippen molar-refractivity contribution in [3.8, 4) is 23.0 Å². The molecule has 0 aromatic heterocycles. The van der Waals surface area contributed by atoms with Gasteiger partial charge in [0.2, 0.25) is 0 Å². The van der Waals surface area contributed by atoms with Crippen molar-refractivity contribution >= 4 is 5.78 Å². The van der Waals surface area contributed by atoms with Crippen molar-refractivity contribution in [3.05, 3.63) is 47.5 Å². The number of para-hydroxylation sites is 1. The molecule has 0 aliphatic rings. The van der Waals surface area contributed by atoms with Gasteiger partial charge in [-0.3, -0.25) is 4.79 Å². The third kappa shape index (κ3) is 10.1. The minimum absolute atomic E-state index is 0.0614. The smallest absolute Gasteiger partial charge is 0.166 e. The van der Waals surface area contributed by atoms with Gasteiger partial charge in [0.1, 0.15) is 11.5 Å². The predicted molar refractivity (Wildman–Crippen MR) is 147 cm³/mol. The Morgan fingerprint density at radius 3 is 1.97 bits per heavy atom. The first-order chi connectivity index (χ1) is 17.6. The zero-order valence-corrected chi connectivity index (χ0v) is 22.9. The number of rotatable bonds is 20. The van der Waals surface area contributed by atoms with Crippen LogP contribution < -0.4 is 18.9 Å². The van der Waals surface area contributed by atoms with Gasteiger partial charge in [0.25, 0.3) is 0 Å². The normalized spacial score (nSPS) is 10.8. The van der Waals surface area contributed by atoms with Crippen LogP contribution in [0.15, 0.2) is 36.4 Å². The molecule has 36 heavy (non-hydrogen) atoms. The quantitative estimate of drug-likeness (QED) is 0.136. The summed E-state index contributed by atoms with van der Waals surface area (Å²) >= 11 is 0. The van der Waals surface area contributed by atoms with E-state index >= 15 is 0 Å². The molecule has 0 saturated carbocycles. The van der Waals surface area contributed by atoms with E-state index in [1.807, 2.05) is 36.4 Å². The highest BCUT2D eigenvalue weighted by atomic mass is 16.5. The van der Waals surface area contributed by atoms with Gasteiger partial charge in [-0.25, -0.2) is 0 Å². The van der Waals surface area contributed by atoms with E-state index in [-0.39, 0.29) is 5.78 Å². The lowest BCUT2D eigenvalue weighted by Gasteiger charge is -2.18. The van der Waals surface area contributed by atoms with E-state index in [2.05, 4.69) is 20.8 Å². The number of carbonyl (C=O) groups excluding carboxylic acids is 1. The summed E-state index contributed by atoms with van der Waals surface area (Å²) in [4.78, 5) is 13.2. The molecule has 0 saturated heterocycles. The zero-order valence-electron chi connectivity index (χ0n) is 22.9. The maximum absolute atomic E-state index is 13.2. The number of hydrogen-bond donors (Lipinski definition) is 0. The number of ether oxygens (including phenoxy) is 4. The van der Waals surface area contributed by atoms with Crippen LogP contribution in [0.1, 0.15) is 101 Å². The zero-order chi connectivity index (χ0) is 26.0. The highest BCUT2D eigenvalue weighted by Gasteiger charge is 2.18.